The van der Waals surface area contributed by atoms with Crippen molar-refractivity contribution in [3.05, 3.63) is 42.0 Å². The Morgan fingerprint density at radius 1 is 0.960 bits per heavy atom. The van der Waals surface area contributed by atoms with Gasteiger partial charge in [0.1, 0.15) is 0 Å². The maximum Gasteiger partial charge on any atom is 0.461 e. The normalized spacial score (nSPS) is 20.9. The van der Waals surface area contributed by atoms with Gasteiger partial charge in [-0.1, -0.05) is 38.1 Å². The summed E-state index contributed by atoms with van der Waals surface area (Å²) in [5.41, 5.74) is 2.66. The van der Waals surface area contributed by atoms with Crippen molar-refractivity contribution in [1.82, 2.24) is 0 Å². The Labute approximate surface area is 150 Å². The molecule has 0 aromatic heterocycles. The third-order valence-electron chi connectivity index (χ3n) is 4.99. The first-order valence-electron chi connectivity index (χ1n) is 9.18. The molecule has 4 rings (SSSR count). The van der Waals surface area contributed by atoms with Gasteiger partial charge in [-0.2, -0.15) is 0 Å². The molecule has 2 aromatic rings. The minimum absolute atomic E-state index is 0.121. The van der Waals surface area contributed by atoms with E-state index in [-0.39, 0.29) is 12.5 Å². The first-order valence-corrected chi connectivity index (χ1v) is 9.18. The third-order valence-corrected chi connectivity index (χ3v) is 4.99. The molecule has 0 aliphatic carbocycles. The zero-order chi connectivity index (χ0) is 17.3. The standard InChI is InChI=1S/C20H26BNO3/c1-20(2)14-24-21(25-15-20)13-16-3-4-18-12-19(6-5-17(18)11-16)22-7-9-23-10-8-22/h3-6,11-12H,7-10,13-15H2,1-2H3. The lowest BCUT2D eigenvalue weighted by atomic mass is 9.77. The largest absolute Gasteiger partial charge is 0.461 e. The molecule has 2 aromatic carbocycles. The molecule has 0 N–H and O–H groups in total. The van der Waals surface area contributed by atoms with Crippen LogP contribution in [0.4, 0.5) is 5.69 Å². The molecule has 132 valence electrons. The second-order valence-corrected chi connectivity index (χ2v) is 7.89. The predicted octanol–water partition coefficient (Wildman–Crippen LogP) is 3.32. The molecule has 2 heterocycles. The van der Waals surface area contributed by atoms with Gasteiger partial charge in [0, 0.05) is 43.7 Å². The maximum atomic E-state index is 5.87. The fourth-order valence-corrected chi connectivity index (χ4v) is 3.46. The molecular formula is C20H26BNO3. The Balaban J connectivity index is 1.47. The first-order chi connectivity index (χ1) is 12.1. The van der Waals surface area contributed by atoms with Gasteiger partial charge in [-0.3, -0.25) is 0 Å². The summed E-state index contributed by atoms with van der Waals surface area (Å²) < 4.78 is 17.2. The molecule has 2 aliphatic heterocycles. The summed E-state index contributed by atoms with van der Waals surface area (Å²) in [5, 5.41) is 2.55. The van der Waals surface area contributed by atoms with E-state index in [1.54, 1.807) is 0 Å². The molecule has 0 spiro atoms. The molecule has 4 nitrogen and oxygen atoms in total. The van der Waals surface area contributed by atoms with Crippen molar-refractivity contribution in [1.29, 1.82) is 0 Å². The third kappa shape index (κ3) is 4.00. The van der Waals surface area contributed by atoms with Crippen molar-refractivity contribution in [3.63, 3.8) is 0 Å². The zero-order valence-electron chi connectivity index (χ0n) is 15.2. The molecule has 2 aliphatic rings. The second-order valence-electron chi connectivity index (χ2n) is 7.89. The van der Waals surface area contributed by atoms with E-state index >= 15 is 0 Å². The Morgan fingerprint density at radius 3 is 2.40 bits per heavy atom. The molecule has 0 radical (unpaired) electrons. The summed E-state index contributed by atoms with van der Waals surface area (Å²) in [7, 11) is -0.127. The lowest BCUT2D eigenvalue weighted by Gasteiger charge is -2.33. The van der Waals surface area contributed by atoms with Crippen LogP contribution in [0.15, 0.2) is 36.4 Å². The quantitative estimate of drug-likeness (QED) is 0.803. The molecular weight excluding hydrogens is 313 g/mol. The van der Waals surface area contributed by atoms with E-state index in [1.807, 2.05) is 0 Å². The Bertz CT molecular complexity index is 733. The second kappa shape index (κ2) is 6.98. The number of nitrogens with zero attached hydrogens (tertiary/aromatic N) is 1. The van der Waals surface area contributed by atoms with Crippen LogP contribution >= 0.6 is 0 Å². The molecule has 0 bridgehead atoms. The van der Waals surface area contributed by atoms with Gasteiger partial charge in [-0.15, -0.1) is 0 Å². The molecule has 2 fully saturated rings. The summed E-state index contributed by atoms with van der Waals surface area (Å²) in [6.07, 6.45) is 0.803. The van der Waals surface area contributed by atoms with Gasteiger partial charge in [0.05, 0.1) is 13.2 Å². The van der Waals surface area contributed by atoms with Gasteiger partial charge >= 0.3 is 7.12 Å². The number of hydrogen-bond acceptors (Lipinski definition) is 4. The number of hydrogen-bond donors (Lipinski definition) is 0. The van der Waals surface area contributed by atoms with Crippen LogP contribution < -0.4 is 4.90 Å². The molecule has 0 amide bonds. The van der Waals surface area contributed by atoms with E-state index in [1.165, 1.54) is 22.0 Å². The molecule has 0 unspecified atom stereocenters. The smallest absolute Gasteiger partial charge is 0.410 e. The number of rotatable bonds is 3. The van der Waals surface area contributed by atoms with Crippen molar-refractivity contribution in [2.24, 2.45) is 5.41 Å². The van der Waals surface area contributed by atoms with Crippen LogP contribution in [-0.2, 0) is 20.4 Å². The molecule has 25 heavy (non-hydrogen) atoms. The fourth-order valence-electron chi connectivity index (χ4n) is 3.46. The zero-order valence-corrected chi connectivity index (χ0v) is 15.2. The highest BCUT2D eigenvalue weighted by atomic mass is 16.6. The summed E-state index contributed by atoms with van der Waals surface area (Å²) in [4.78, 5) is 2.39. The minimum Gasteiger partial charge on any atom is -0.410 e. The van der Waals surface area contributed by atoms with E-state index in [4.69, 9.17) is 14.0 Å². The average molecular weight is 339 g/mol. The fraction of sp³-hybridized carbons (Fsp3) is 0.500. The summed E-state index contributed by atoms with van der Waals surface area (Å²) in [6.45, 7) is 9.43. The number of morpholine rings is 1. The van der Waals surface area contributed by atoms with Crippen LogP contribution in [0.3, 0.4) is 0 Å². The Morgan fingerprint density at radius 2 is 1.64 bits per heavy atom. The van der Waals surface area contributed by atoms with Gasteiger partial charge in [0.25, 0.3) is 0 Å². The predicted molar refractivity (Wildman–Crippen MR) is 102 cm³/mol. The molecule has 0 saturated carbocycles. The average Bonchev–Trinajstić information content (AvgIpc) is 2.64. The van der Waals surface area contributed by atoms with Crippen LogP contribution in [0.1, 0.15) is 19.4 Å². The number of ether oxygens (including phenoxy) is 1. The topological polar surface area (TPSA) is 30.9 Å². The van der Waals surface area contributed by atoms with E-state index in [0.717, 1.165) is 45.8 Å². The number of anilines is 1. The Hall–Kier alpha value is -1.56. The first kappa shape index (κ1) is 16.9. The maximum absolute atomic E-state index is 5.87. The van der Waals surface area contributed by atoms with E-state index in [2.05, 4.69) is 55.1 Å². The number of benzene rings is 2. The SMILES string of the molecule is CC1(C)COB(Cc2ccc3cc(N4CCOCC4)ccc3c2)OC1. The Kier molecular flexibility index (Phi) is 4.72. The van der Waals surface area contributed by atoms with Crippen LogP contribution in [-0.4, -0.2) is 46.6 Å². The van der Waals surface area contributed by atoms with Gasteiger partial charge in [0.2, 0.25) is 0 Å². The van der Waals surface area contributed by atoms with Crippen molar-refractivity contribution >= 4 is 23.6 Å². The minimum atomic E-state index is -0.127. The van der Waals surface area contributed by atoms with Crippen LogP contribution in [0.25, 0.3) is 10.8 Å². The van der Waals surface area contributed by atoms with Crippen LogP contribution in [0.5, 0.6) is 0 Å². The van der Waals surface area contributed by atoms with E-state index in [9.17, 15) is 0 Å². The monoisotopic (exact) mass is 339 g/mol. The summed E-state index contributed by atoms with van der Waals surface area (Å²) >= 11 is 0. The lowest BCUT2D eigenvalue weighted by Crippen LogP contribution is -2.41. The van der Waals surface area contributed by atoms with Gasteiger partial charge < -0.3 is 18.9 Å². The van der Waals surface area contributed by atoms with Crippen molar-refractivity contribution < 1.29 is 14.0 Å². The van der Waals surface area contributed by atoms with Gasteiger partial charge in [-0.25, -0.2) is 0 Å². The summed E-state index contributed by atoms with van der Waals surface area (Å²) in [6, 6.07) is 13.4. The van der Waals surface area contributed by atoms with E-state index < -0.39 is 0 Å². The van der Waals surface area contributed by atoms with Gasteiger partial charge in [-0.05, 0) is 28.5 Å². The highest BCUT2D eigenvalue weighted by Gasteiger charge is 2.31. The van der Waals surface area contributed by atoms with Gasteiger partial charge in [0.15, 0.2) is 0 Å². The highest BCUT2D eigenvalue weighted by Crippen LogP contribution is 2.26. The van der Waals surface area contributed by atoms with Crippen molar-refractivity contribution in [2.45, 2.75) is 20.2 Å². The highest BCUT2D eigenvalue weighted by molar-refractivity contribution is 6.44. The number of fused-ring (bicyclic) bond motifs is 1. The lowest BCUT2D eigenvalue weighted by molar-refractivity contribution is 0.0278. The summed E-state index contributed by atoms with van der Waals surface area (Å²) in [5.74, 6) is 0. The van der Waals surface area contributed by atoms with Crippen LogP contribution in [0, 0.1) is 5.41 Å². The van der Waals surface area contributed by atoms with Crippen molar-refractivity contribution in [3.8, 4) is 0 Å². The molecule has 0 atom stereocenters. The van der Waals surface area contributed by atoms with E-state index in [0.29, 0.717) is 0 Å². The molecule has 5 heteroatoms. The molecule has 2 saturated heterocycles. The van der Waals surface area contributed by atoms with Crippen LogP contribution in [0.2, 0.25) is 0 Å². The van der Waals surface area contributed by atoms with Crippen molar-refractivity contribution in [2.75, 3.05) is 44.4 Å².